The molecule has 0 aromatic heterocycles. The molecule has 94 valence electrons. The summed E-state index contributed by atoms with van der Waals surface area (Å²) in [5.74, 6) is -7.03. The summed E-state index contributed by atoms with van der Waals surface area (Å²) in [5.41, 5.74) is -0.843. The van der Waals surface area contributed by atoms with Crippen LogP contribution in [0.5, 0.6) is 0 Å². The summed E-state index contributed by atoms with van der Waals surface area (Å²) in [4.78, 5) is 10.7. The summed E-state index contributed by atoms with van der Waals surface area (Å²) < 4.78 is 52.3. The Labute approximate surface area is 99.6 Å². The zero-order chi connectivity index (χ0) is 13.1. The molecule has 1 amide bonds. The lowest BCUT2D eigenvalue weighted by atomic mass is 10.1. The Bertz CT molecular complexity index is 405. The van der Waals surface area contributed by atoms with Crippen LogP contribution in [0.1, 0.15) is 5.56 Å². The molecule has 0 aliphatic carbocycles. The van der Waals surface area contributed by atoms with Crippen molar-refractivity contribution in [2.24, 2.45) is 0 Å². The highest BCUT2D eigenvalue weighted by Crippen LogP contribution is 2.28. The maximum Gasteiger partial charge on any atom is 0.290 e. The van der Waals surface area contributed by atoms with Gasteiger partial charge in [-0.3, -0.25) is 4.79 Å². The number of carbonyl (C=O) groups excluding carboxylic acids is 1. The average molecular weight is 270 g/mol. The third-order valence-corrected chi connectivity index (χ3v) is 2.16. The van der Waals surface area contributed by atoms with Gasteiger partial charge >= 0.3 is 0 Å². The first-order valence-corrected chi connectivity index (χ1v) is 5.05. The highest BCUT2D eigenvalue weighted by molar-refractivity contribution is 6.27. The average Bonchev–Trinajstić information content (AvgIpc) is 2.24. The third kappa shape index (κ3) is 3.89. The predicted molar refractivity (Wildman–Crippen MR) is 54.0 cm³/mol. The Hall–Kier alpha value is -1.30. The van der Waals surface area contributed by atoms with Crippen molar-refractivity contribution >= 4 is 17.5 Å². The minimum atomic E-state index is -3.56. The molecule has 7 heteroatoms. The maximum atomic E-state index is 13.4. The summed E-state index contributed by atoms with van der Waals surface area (Å²) in [6.07, 6.45) is 0. The first kappa shape index (κ1) is 13.8. The number of carbonyl (C=O) groups is 1. The normalized spacial score (nSPS) is 11.4. The molecular formula is C10H8ClF4NO. The number of hydrogen-bond donors (Lipinski definition) is 1. The van der Waals surface area contributed by atoms with Gasteiger partial charge in [0.25, 0.3) is 5.92 Å². The predicted octanol–water partition coefficient (Wildman–Crippen LogP) is 2.41. The van der Waals surface area contributed by atoms with Gasteiger partial charge < -0.3 is 5.32 Å². The standard InChI is InChI=1S/C10H8ClF4NO/c11-4-9(17)16-5-10(14,15)6-1-7(12)3-8(13)2-6/h1-3H,4-5H2,(H,16,17). The van der Waals surface area contributed by atoms with Crippen LogP contribution in [0.25, 0.3) is 0 Å². The van der Waals surface area contributed by atoms with Gasteiger partial charge in [0.05, 0.1) is 6.54 Å². The van der Waals surface area contributed by atoms with Crippen LogP contribution < -0.4 is 5.32 Å². The Balaban J connectivity index is 2.84. The summed E-state index contributed by atoms with van der Waals surface area (Å²) in [5, 5.41) is 1.84. The Kier molecular flexibility index (Phi) is 4.34. The van der Waals surface area contributed by atoms with Crippen molar-refractivity contribution in [3.8, 4) is 0 Å². The van der Waals surface area contributed by atoms with Crippen molar-refractivity contribution in [3.63, 3.8) is 0 Å². The smallest absolute Gasteiger partial charge is 0.290 e. The molecule has 0 aliphatic heterocycles. The second-order valence-corrected chi connectivity index (χ2v) is 3.54. The summed E-state index contributed by atoms with van der Waals surface area (Å²) in [7, 11) is 0. The molecule has 0 saturated carbocycles. The molecule has 0 spiro atoms. The van der Waals surface area contributed by atoms with E-state index in [-0.39, 0.29) is 0 Å². The lowest BCUT2D eigenvalue weighted by molar-refractivity contribution is -0.120. The van der Waals surface area contributed by atoms with Gasteiger partial charge in [-0.1, -0.05) is 0 Å². The van der Waals surface area contributed by atoms with Gasteiger partial charge in [-0.15, -0.1) is 11.6 Å². The van der Waals surface area contributed by atoms with E-state index in [0.29, 0.717) is 18.2 Å². The molecule has 0 atom stereocenters. The number of hydrogen-bond acceptors (Lipinski definition) is 1. The molecule has 0 saturated heterocycles. The van der Waals surface area contributed by atoms with E-state index >= 15 is 0 Å². The Morgan fingerprint density at radius 1 is 1.24 bits per heavy atom. The number of amides is 1. The molecule has 0 unspecified atom stereocenters. The van der Waals surface area contributed by atoms with E-state index in [1.165, 1.54) is 0 Å². The van der Waals surface area contributed by atoms with Crippen LogP contribution in [0.3, 0.4) is 0 Å². The second kappa shape index (κ2) is 5.35. The minimum Gasteiger partial charge on any atom is -0.349 e. The topological polar surface area (TPSA) is 29.1 Å². The van der Waals surface area contributed by atoms with Crippen molar-refractivity contribution in [1.29, 1.82) is 0 Å². The van der Waals surface area contributed by atoms with Gasteiger partial charge in [0, 0.05) is 11.6 Å². The van der Waals surface area contributed by atoms with E-state index in [9.17, 15) is 22.4 Å². The highest BCUT2D eigenvalue weighted by atomic mass is 35.5. The second-order valence-electron chi connectivity index (χ2n) is 3.27. The molecule has 0 radical (unpaired) electrons. The van der Waals surface area contributed by atoms with Crippen LogP contribution in [-0.2, 0) is 10.7 Å². The monoisotopic (exact) mass is 269 g/mol. The van der Waals surface area contributed by atoms with E-state index in [1.54, 1.807) is 0 Å². The number of nitrogens with one attached hydrogen (secondary N) is 1. The molecular weight excluding hydrogens is 262 g/mol. The molecule has 0 bridgehead atoms. The quantitative estimate of drug-likeness (QED) is 0.660. The van der Waals surface area contributed by atoms with Crippen molar-refractivity contribution in [2.45, 2.75) is 5.92 Å². The molecule has 2 nitrogen and oxygen atoms in total. The fourth-order valence-electron chi connectivity index (χ4n) is 1.12. The van der Waals surface area contributed by atoms with Gasteiger partial charge in [-0.2, -0.15) is 8.78 Å². The SMILES string of the molecule is O=C(CCl)NCC(F)(F)c1cc(F)cc(F)c1. The minimum absolute atomic E-state index is 0.465. The maximum absolute atomic E-state index is 13.4. The van der Waals surface area contributed by atoms with E-state index in [1.807, 2.05) is 5.32 Å². The Morgan fingerprint density at radius 2 is 1.76 bits per heavy atom. The van der Waals surface area contributed by atoms with E-state index < -0.39 is 41.5 Å². The van der Waals surface area contributed by atoms with Gasteiger partial charge in [-0.25, -0.2) is 8.78 Å². The first-order chi connectivity index (χ1) is 7.85. The summed E-state index contributed by atoms with van der Waals surface area (Å²) in [6.45, 7) is -1.07. The number of rotatable bonds is 4. The molecule has 0 aliphatic rings. The van der Waals surface area contributed by atoms with Crippen molar-refractivity contribution < 1.29 is 22.4 Å². The third-order valence-electron chi connectivity index (χ3n) is 1.91. The zero-order valence-corrected chi connectivity index (χ0v) is 9.20. The van der Waals surface area contributed by atoms with Gasteiger partial charge in [0.1, 0.15) is 17.5 Å². The fraction of sp³-hybridized carbons (Fsp3) is 0.300. The van der Waals surface area contributed by atoms with Crippen LogP contribution in [0.2, 0.25) is 0 Å². The van der Waals surface area contributed by atoms with Crippen LogP contribution in [0.15, 0.2) is 18.2 Å². The van der Waals surface area contributed by atoms with Crippen molar-refractivity contribution in [1.82, 2.24) is 5.32 Å². The lowest BCUT2D eigenvalue weighted by Gasteiger charge is -2.17. The molecule has 1 N–H and O–H groups in total. The molecule has 0 fully saturated rings. The van der Waals surface area contributed by atoms with E-state index in [2.05, 4.69) is 0 Å². The molecule has 17 heavy (non-hydrogen) atoms. The summed E-state index contributed by atoms with van der Waals surface area (Å²) >= 11 is 5.10. The largest absolute Gasteiger partial charge is 0.349 e. The fourth-order valence-corrected chi connectivity index (χ4v) is 1.22. The number of benzene rings is 1. The Morgan fingerprint density at radius 3 is 2.24 bits per heavy atom. The first-order valence-electron chi connectivity index (χ1n) is 4.52. The van der Waals surface area contributed by atoms with E-state index in [0.717, 1.165) is 0 Å². The summed E-state index contributed by atoms with van der Waals surface area (Å²) in [6, 6.07) is 1.50. The van der Waals surface area contributed by atoms with Crippen LogP contribution in [0, 0.1) is 11.6 Å². The van der Waals surface area contributed by atoms with Crippen molar-refractivity contribution in [2.75, 3.05) is 12.4 Å². The number of halogens is 5. The zero-order valence-electron chi connectivity index (χ0n) is 8.44. The molecule has 1 rings (SSSR count). The lowest BCUT2D eigenvalue weighted by Crippen LogP contribution is -2.35. The molecule has 1 aromatic rings. The van der Waals surface area contributed by atoms with Gasteiger partial charge in [-0.05, 0) is 12.1 Å². The highest BCUT2D eigenvalue weighted by Gasteiger charge is 2.32. The van der Waals surface area contributed by atoms with Gasteiger partial charge in [0.2, 0.25) is 5.91 Å². The molecule has 1 aromatic carbocycles. The van der Waals surface area contributed by atoms with E-state index in [4.69, 9.17) is 11.6 Å². The van der Waals surface area contributed by atoms with Gasteiger partial charge in [0.15, 0.2) is 0 Å². The molecule has 0 heterocycles. The van der Waals surface area contributed by atoms with Crippen molar-refractivity contribution in [3.05, 3.63) is 35.4 Å². The van der Waals surface area contributed by atoms with Crippen LogP contribution in [-0.4, -0.2) is 18.3 Å². The number of alkyl halides is 3. The van der Waals surface area contributed by atoms with Crippen LogP contribution in [0.4, 0.5) is 17.6 Å². The van der Waals surface area contributed by atoms with Crippen LogP contribution >= 0.6 is 11.6 Å².